The number of aromatic nitrogens is 1. The van der Waals surface area contributed by atoms with E-state index in [-0.39, 0.29) is 11.3 Å². The van der Waals surface area contributed by atoms with Gasteiger partial charge in [0, 0.05) is 11.9 Å². The van der Waals surface area contributed by atoms with Gasteiger partial charge in [-0.25, -0.2) is 0 Å². The van der Waals surface area contributed by atoms with E-state index >= 15 is 0 Å². The first-order valence-corrected chi connectivity index (χ1v) is 9.86. The van der Waals surface area contributed by atoms with Gasteiger partial charge >= 0.3 is 0 Å². The Morgan fingerprint density at radius 3 is 2.45 bits per heavy atom. The number of amides is 1. The Balaban J connectivity index is 1.99. The smallest absolute Gasteiger partial charge is 0.300 e. The highest BCUT2D eigenvalue weighted by Crippen LogP contribution is 2.42. The number of hydrogen-bond donors (Lipinski definition) is 1. The standard InChI is InChI=1S/C25H22N2O4/c1-15-7-6-8-17(13-15)27-22(19-9-4-5-12-26-19)21(24(29)25(27)30)23(28)18-14-16(2)10-11-20(18)31-3/h4-14,22,28H,1-3H3/b23-21+. The van der Waals surface area contributed by atoms with Crippen LogP contribution in [0.2, 0.25) is 0 Å². The van der Waals surface area contributed by atoms with Crippen molar-refractivity contribution in [3.63, 3.8) is 0 Å². The van der Waals surface area contributed by atoms with Crippen molar-refractivity contribution < 1.29 is 19.4 Å². The number of hydrogen-bond acceptors (Lipinski definition) is 5. The van der Waals surface area contributed by atoms with Crippen LogP contribution < -0.4 is 9.64 Å². The molecule has 6 heteroatoms. The maximum Gasteiger partial charge on any atom is 0.300 e. The number of aliphatic hydroxyl groups is 1. The molecular weight excluding hydrogens is 392 g/mol. The third-order valence-electron chi connectivity index (χ3n) is 5.30. The number of carbonyl (C=O) groups is 2. The lowest BCUT2D eigenvalue weighted by atomic mass is 9.97. The van der Waals surface area contributed by atoms with Crippen molar-refractivity contribution in [3.05, 3.63) is 94.8 Å². The van der Waals surface area contributed by atoms with E-state index in [0.29, 0.717) is 22.7 Å². The molecule has 31 heavy (non-hydrogen) atoms. The zero-order valence-electron chi connectivity index (χ0n) is 17.5. The summed E-state index contributed by atoms with van der Waals surface area (Å²) in [7, 11) is 1.49. The predicted molar refractivity (Wildman–Crippen MR) is 118 cm³/mol. The number of aryl methyl sites for hydroxylation is 2. The molecule has 1 aromatic heterocycles. The van der Waals surface area contributed by atoms with Gasteiger partial charge in [-0.1, -0.05) is 29.8 Å². The number of pyridine rings is 1. The summed E-state index contributed by atoms with van der Waals surface area (Å²) in [6, 6.07) is 17.0. The lowest BCUT2D eigenvalue weighted by molar-refractivity contribution is -0.132. The summed E-state index contributed by atoms with van der Waals surface area (Å²) in [6.07, 6.45) is 1.60. The van der Waals surface area contributed by atoms with Gasteiger partial charge in [-0.3, -0.25) is 19.5 Å². The molecule has 1 amide bonds. The van der Waals surface area contributed by atoms with Crippen molar-refractivity contribution in [1.82, 2.24) is 4.98 Å². The highest BCUT2D eigenvalue weighted by Gasteiger charge is 2.47. The van der Waals surface area contributed by atoms with Crippen molar-refractivity contribution >= 4 is 23.1 Å². The van der Waals surface area contributed by atoms with Gasteiger partial charge in [-0.05, 0) is 55.8 Å². The van der Waals surface area contributed by atoms with E-state index in [1.54, 1.807) is 42.6 Å². The molecule has 4 rings (SSSR count). The van der Waals surface area contributed by atoms with Crippen LogP contribution in [-0.2, 0) is 9.59 Å². The lowest BCUT2D eigenvalue weighted by Crippen LogP contribution is -2.29. The summed E-state index contributed by atoms with van der Waals surface area (Å²) in [5.41, 5.74) is 3.20. The molecule has 1 aliphatic rings. The fourth-order valence-corrected chi connectivity index (χ4v) is 3.85. The lowest BCUT2D eigenvalue weighted by Gasteiger charge is -2.25. The Kier molecular flexibility index (Phi) is 5.29. The molecule has 156 valence electrons. The number of nitrogens with zero attached hydrogens (tertiary/aromatic N) is 2. The molecule has 1 saturated heterocycles. The first kappa shape index (κ1) is 20.3. The summed E-state index contributed by atoms with van der Waals surface area (Å²) < 4.78 is 5.39. The van der Waals surface area contributed by atoms with Crippen LogP contribution in [0.4, 0.5) is 5.69 Å². The molecule has 0 bridgehead atoms. The number of Topliss-reactive ketones (excluding diaryl/α,β-unsaturated/α-hetero) is 1. The van der Waals surface area contributed by atoms with Gasteiger partial charge in [0.15, 0.2) is 0 Å². The minimum absolute atomic E-state index is 0.0193. The molecule has 2 aromatic carbocycles. The zero-order valence-corrected chi connectivity index (χ0v) is 17.5. The van der Waals surface area contributed by atoms with Crippen LogP contribution >= 0.6 is 0 Å². The zero-order chi connectivity index (χ0) is 22.1. The van der Waals surface area contributed by atoms with Crippen molar-refractivity contribution in [3.8, 4) is 5.75 Å². The molecule has 1 aliphatic heterocycles. The van der Waals surface area contributed by atoms with Gasteiger partial charge in [0.1, 0.15) is 17.6 Å². The van der Waals surface area contributed by atoms with Gasteiger partial charge < -0.3 is 9.84 Å². The van der Waals surface area contributed by atoms with E-state index in [1.165, 1.54) is 12.0 Å². The molecule has 1 unspecified atom stereocenters. The van der Waals surface area contributed by atoms with Crippen LogP contribution in [0.5, 0.6) is 5.75 Å². The Labute approximate surface area is 180 Å². The number of rotatable bonds is 4. The average Bonchev–Trinajstić information content (AvgIpc) is 3.04. The van der Waals surface area contributed by atoms with Crippen molar-refractivity contribution in [2.45, 2.75) is 19.9 Å². The largest absolute Gasteiger partial charge is 0.507 e. The van der Waals surface area contributed by atoms with Gasteiger partial charge in [0.05, 0.1) is 23.9 Å². The van der Waals surface area contributed by atoms with Gasteiger partial charge in [0.25, 0.3) is 11.7 Å². The quantitative estimate of drug-likeness (QED) is 0.390. The van der Waals surface area contributed by atoms with Gasteiger partial charge in [0.2, 0.25) is 0 Å². The van der Waals surface area contributed by atoms with Crippen molar-refractivity contribution in [2.75, 3.05) is 12.0 Å². The second kappa shape index (κ2) is 8.07. The normalized spacial score (nSPS) is 17.8. The fourth-order valence-electron chi connectivity index (χ4n) is 3.85. The Bertz CT molecular complexity index is 1200. The minimum Gasteiger partial charge on any atom is -0.507 e. The molecule has 0 saturated carbocycles. The van der Waals surface area contributed by atoms with E-state index < -0.39 is 17.7 Å². The summed E-state index contributed by atoms with van der Waals surface area (Å²) in [6.45, 7) is 3.78. The third-order valence-corrected chi connectivity index (χ3v) is 5.30. The van der Waals surface area contributed by atoms with Crippen LogP contribution in [-0.4, -0.2) is 28.9 Å². The highest BCUT2D eigenvalue weighted by atomic mass is 16.5. The monoisotopic (exact) mass is 414 g/mol. The number of methoxy groups -OCH3 is 1. The Morgan fingerprint density at radius 2 is 1.77 bits per heavy atom. The highest BCUT2D eigenvalue weighted by molar-refractivity contribution is 6.51. The summed E-state index contributed by atoms with van der Waals surface area (Å²) in [5, 5.41) is 11.3. The molecule has 2 heterocycles. The van der Waals surface area contributed by atoms with E-state index in [0.717, 1.165) is 11.1 Å². The molecule has 0 aliphatic carbocycles. The molecule has 1 fully saturated rings. The number of ether oxygens (including phenoxy) is 1. The SMILES string of the molecule is COc1ccc(C)cc1/C(O)=C1\C(=O)C(=O)N(c2cccc(C)c2)C1c1ccccn1. The van der Waals surface area contributed by atoms with Gasteiger partial charge in [-0.15, -0.1) is 0 Å². The van der Waals surface area contributed by atoms with E-state index in [2.05, 4.69) is 4.98 Å². The summed E-state index contributed by atoms with van der Waals surface area (Å²) in [5.74, 6) is -1.36. The van der Waals surface area contributed by atoms with E-state index in [9.17, 15) is 14.7 Å². The van der Waals surface area contributed by atoms with Crippen molar-refractivity contribution in [1.29, 1.82) is 0 Å². The van der Waals surface area contributed by atoms with Crippen LogP contribution in [0, 0.1) is 13.8 Å². The Hall–Kier alpha value is -3.93. The minimum atomic E-state index is -0.867. The molecule has 3 aromatic rings. The third kappa shape index (κ3) is 3.57. The molecule has 6 nitrogen and oxygen atoms in total. The molecule has 0 spiro atoms. The van der Waals surface area contributed by atoms with Crippen LogP contribution in [0.1, 0.15) is 28.4 Å². The maximum absolute atomic E-state index is 13.2. The topological polar surface area (TPSA) is 79.7 Å². The molecule has 0 radical (unpaired) electrons. The second-order valence-corrected chi connectivity index (χ2v) is 7.47. The summed E-state index contributed by atoms with van der Waals surface area (Å²) >= 11 is 0. The number of anilines is 1. The summed E-state index contributed by atoms with van der Waals surface area (Å²) in [4.78, 5) is 32.1. The maximum atomic E-state index is 13.2. The number of benzene rings is 2. The van der Waals surface area contributed by atoms with E-state index in [1.807, 2.05) is 38.1 Å². The first-order valence-electron chi connectivity index (χ1n) is 9.86. The van der Waals surface area contributed by atoms with Crippen molar-refractivity contribution in [2.24, 2.45) is 0 Å². The average molecular weight is 414 g/mol. The van der Waals surface area contributed by atoms with Crippen LogP contribution in [0.3, 0.4) is 0 Å². The fraction of sp³-hybridized carbons (Fsp3) is 0.160. The number of ketones is 1. The van der Waals surface area contributed by atoms with E-state index in [4.69, 9.17) is 4.74 Å². The second-order valence-electron chi connectivity index (χ2n) is 7.47. The van der Waals surface area contributed by atoms with Gasteiger partial charge in [-0.2, -0.15) is 0 Å². The van der Waals surface area contributed by atoms with Crippen LogP contribution in [0.15, 0.2) is 72.4 Å². The predicted octanol–water partition coefficient (Wildman–Crippen LogP) is 4.33. The Morgan fingerprint density at radius 1 is 1.00 bits per heavy atom. The van der Waals surface area contributed by atoms with Crippen LogP contribution in [0.25, 0.3) is 5.76 Å². The first-order chi connectivity index (χ1) is 14.9. The molecule has 1 atom stereocenters. The molecule has 1 N–H and O–H groups in total. The molecular formula is C25H22N2O4. The number of aliphatic hydroxyl groups excluding tert-OH is 1. The number of carbonyl (C=O) groups excluding carboxylic acids is 2.